The fourth-order valence-corrected chi connectivity index (χ4v) is 3.59. The molecule has 0 bridgehead atoms. The molecular formula is C24H29F3N4O2. The van der Waals surface area contributed by atoms with Gasteiger partial charge < -0.3 is 10.4 Å². The quantitative estimate of drug-likeness (QED) is 0.549. The lowest BCUT2D eigenvalue weighted by Gasteiger charge is -2.27. The van der Waals surface area contributed by atoms with Crippen LogP contribution in [0.2, 0.25) is 0 Å². The predicted octanol–water partition coefficient (Wildman–Crippen LogP) is 4.84. The molecule has 0 fully saturated rings. The van der Waals surface area contributed by atoms with Crippen molar-refractivity contribution >= 4 is 16.8 Å². The standard InChI is InChI=1S/C24H29F3N4O2/c1-14(18-12-28-31(15(18)2)13-22(3,4)33)29-21(32)17-9-7-8-16-10-11-19(30-20(16)17)23(5,6)24(25,26)27/h7-12,14,33H,13H2,1-6H3,(H,29,32). The van der Waals surface area contributed by atoms with Crippen LogP contribution >= 0.6 is 0 Å². The van der Waals surface area contributed by atoms with Gasteiger partial charge in [-0.25, -0.2) is 0 Å². The Labute approximate surface area is 190 Å². The van der Waals surface area contributed by atoms with E-state index in [0.717, 1.165) is 25.1 Å². The van der Waals surface area contributed by atoms with E-state index < -0.39 is 29.1 Å². The Kier molecular flexibility index (Phi) is 6.32. The maximum Gasteiger partial charge on any atom is 0.399 e. The SMILES string of the molecule is Cc1c(C(C)NC(=O)c2cccc3ccc(C(C)(C)C(F)(F)F)nc23)cnn1CC(C)(C)O. The molecule has 3 rings (SSSR count). The van der Waals surface area contributed by atoms with Crippen molar-refractivity contribution in [3.63, 3.8) is 0 Å². The Bertz CT molecular complexity index is 1180. The minimum absolute atomic E-state index is 0.153. The molecule has 1 atom stereocenters. The van der Waals surface area contributed by atoms with Crippen LogP contribution in [0.4, 0.5) is 13.2 Å². The summed E-state index contributed by atoms with van der Waals surface area (Å²) >= 11 is 0. The molecule has 2 heterocycles. The summed E-state index contributed by atoms with van der Waals surface area (Å²) in [4.78, 5) is 17.4. The zero-order valence-electron chi connectivity index (χ0n) is 19.6. The molecule has 178 valence electrons. The van der Waals surface area contributed by atoms with Crippen molar-refractivity contribution in [1.82, 2.24) is 20.1 Å². The molecule has 9 heteroatoms. The van der Waals surface area contributed by atoms with Crippen molar-refractivity contribution in [2.45, 2.75) is 71.3 Å². The van der Waals surface area contributed by atoms with Crippen molar-refractivity contribution < 1.29 is 23.1 Å². The van der Waals surface area contributed by atoms with E-state index in [2.05, 4.69) is 15.4 Å². The van der Waals surface area contributed by atoms with Gasteiger partial charge in [0.25, 0.3) is 5.91 Å². The summed E-state index contributed by atoms with van der Waals surface area (Å²) in [5.41, 5.74) is -1.28. The van der Waals surface area contributed by atoms with Gasteiger partial charge in [-0.15, -0.1) is 0 Å². The number of hydrogen-bond donors (Lipinski definition) is 2. The zero-order chi connectivity index (χ0) is 24.8. The normalized spacial score (nSPS) is 13.9. The second-order valence-electron chi connectivity index (χ2n) is 9.55. The number of carbonyl (C=O) groups is 1. The first-order chi connectivity index (χ1) is 15.1. The highest BCUT2D eigenvalue weighted by Crippen LogP contribution is 2.40. The number of para-hydroxylation sites is 1. The van der Waals surface area contributed by atoms with E-state index in [4.69, 9.17) is 0 Å². The summed E-state index contributed by atoms with van der Waals surface area (Å²) in [6, 6.07) is 7.41. The van der Waals surface area contributed by atoms with Crippen molar-refractivity contribution in [2.75, 3.05) is 0 Å². The van der Waals surface area contributed by atoms with Crippen molar-refractivity contribution in [2.24, 2.45) is 0 Å². The molecule has 0 saturated heterocycles. The van der Waals surface area contributed by atoms with Crippen LogP contribution in [0, 0.1) is 6.92 Å². The Balaban J connectivity index is 1.92. The molecule has 1 amide bonds. The third-order valence-corrected chi connectivity index (χ3v) is 5.81. The van der Waals surface area contributed by atoms with E-state index >= 15 is 0 Å². The number of benzene rings is 1. The number of halogens is 3. The van der Waals surface area contributed by atoms with Crippen LogP contribution in [-0.2, 0) is 12.0 Å². The van der Waals surface area contributed by atoms with Crippen molar-refractivity contribution in [3.8, 4) is 0 Å². The number of nitrogens with zero attached hydrogens (tertiary/aromatic N) is 3. The molecule has 0 radical (unpaired) electrons. The third kappa shape index (κ3) is 5.03. The molecule has 2 aromatic heterocycles. The minimum Gasteiger partial charge on any atom is -0.389 e. The van der Waals surface area contributed by atoms with Gasteiger partial charge in [-0.3, -0.25) is 14.5 Å². The first-order valence-electron chi connectivity index (χ1n) is 10.6. The fourth-order valence-electron chi connectivity index (χ4n) is 3.59. The molecule has 3 aromatic rings. The van der Waals surface area contributed by atoms with E-state index in [1.165, 1.54) is 6.07 Å². The topological polar surface area (TPSA) is 80.0 Å². The first-order valence-corrected chi connectivity index (χ1v) is 10.6. The average molecular weight is 463 g/mol. The zero-order valence-corrected chi connectivity index (χ0v) is 19.6. The summed E-state index contributed by atoms with van der Waals surface area (Å²) in [6.07, 6.45) is -2.85. The number of aliphatic hydroxyl groups is 1. The molecule has 0 saturated carbocycles. The largest absolute Gasteiger partial charge is 0.399 e. The van der Waals surface area contributed by atoms with Crippen LogP contribution in [0.3, 0.4) is 0 Å². The van der Waals surface area contributed by atoms with Gasteiger partial charge in [0.2, 0.25) is 0 Å². The third-order valence-electron chi connectivity index (χ3n) is 5.81. The summed E-state index contributed by atoms with van der Waals surface area (Å²) in [6.45, 7) is 9.45. The van der Waals surface area contributed by atoms with E-state index in [-0.39, 0.29) is 16.8 Å². The van der Waals surface area contributed by atoms with Crippen LogP contribution in [0.15, 0.2) is 36.5 Å². The Hall–Kier alpha value is -2.94. The molecule has 2 N–H and O–H groups in total. The van der Waals surface area contributed by atoms with Crippen LogP contribution in [-0.4, -0.2) is 37.6 Å². The number of fused-ring (bicyclic) bond motifs is 1. The van der Waals surface area contributed by atoms with Crippen molar-refractivity contribution in [3.05, 3.63) is 59.0 Å². The Morgan fingerprint density at radius 1 is 1.15 bits per heavy atom. The van der Waals surface area contributed by atoms with Gasteiger partial charge in [-0.2, -0.15) is 18.3 Å². The van der Waals surface area contributed by atoms with Gasteiger partial charge in [0.1, 0.15) is 5.41 Å². The molecule has 0 aliphatic heterocycles. The van der Waals surface area contributed by atoms with E-state index in [0.29, 0.717) is 11.9 Å². The van der Waals surface area contributed by atoms with Gasteiger partial charge in [0, 0.05) is 16.6 Å². The molecule has 1 unspecified atom stereocenters. The summed E-state index contributed by atoms with van der Waals surface area (Å²) in [5.74, 6) is -0.447. The van der Waals surface area contributed by atoms with Gasteiger partial charge in [-0.05, 0) is 53.7 Å². The Morgan fingerprint density at radius 3 is 2.42 bits per heavy atom. The first kappa shape index (κ1) is 24.7. The number of rotatable bonds is 6. The number of aromatic nitrogens is 3. The van der Waals surface area contributed by atoms with E-state index in [9.17, 15) is 23.1 Å². The lowest BCUT2D eigenvalue weighted by molar-refractivity contribution is -0.181. The van der Waals surface area contributed by atoms with Gasteiger partial charge in [0.05, 0.1) is 41.2 Å². The molecule has 0 aliphatic carbocycles. The minimum atomic E-state index is -4.49. The number of amides is 1. The molecule has 6 nitrogen and oxygen atoms in total. The summed E-state index contributed by atoms with van der Waals surface area (Å²) in [5, 5.41) is 17.8. The van der Waals surface area contributed by atoms with E-state index in [1.807, 2.05) is 6.92 Å². The molecular weight excluding hydrogens is 433 g/mol. The van der Waals surface area contributed by atoms with Crippen molar-refractivity contribution in [1.29, 1.82) is 0 Å². The number of hydrogen-bond acceptors (Lipinski definition) is 4. The second kappa shape index (κ2) is 8.44. The second-order valence-corrected chi connectivity index (χ2v) is 9.55. The molecule has 33 heavy (non-hydrogen) atoms. The van der Waals surface area contributed by atoms with Crippen LogP contribution < -0.4 is 5.32 Å². The summed E-state index contributed by atoms with van der Waals surface area (Å²) < 4.78 is 42.3. The highest BCUT2D eigenvalue weighted by atomic mass is 19.4. The Morgan fingerprint density at radius 2 is 1.82 bits per heavy atom. The maximum atomic E-state index is 13.5. The van der Waals surface area contributed by atoms with Crippen LogP contribution in [0.25, 0.3) is 10.9 Å². The highest BCUT2D eigenvalue weighted by Gasteiger charge is 2.49. The number of carbonyl (C=O) groups excluding carboxylic acids is 1. The predicted molar refractivity (Wildman–Crippen MR) is 120 cm³/mol. The lowest BCUT2D eigenvalue weighted by atomic mass is 9.87. The van der Waals surface area contributed by atoms with Gasteiger partial charge in [0.15, 0.2) is 0 Å². The van der Waals surface area contributed by atoms with Crippen LogP contribution in [0.5, 0.6) is 0 Å². The molecule has 0 spiro atoms. The number of alkyl halides is 3. The van der Waals surface area contributed by atoms with Crippen LogP contribution in [0.1, 0.15) is 68.0 Å². The molecule has 1 aromatic carbocycles. The smallest absolute Gasteiger partial charge is 0.389 e. The monoisotopic (exact) mass is 462 g/mol. The highest BCUT2D eigenvalue weighted by molar-refractivity contribution is 6.05. The van der Waals surface area contributed by atoms with E-state index in [1.54, 1.807) is 55.9 Å². The number of pyridine rings is 1. The molecule has 0 aliphatic rings. The fraction of sp³-hybridized carbons (Fsp3) is 0.458. The summed E-state index contributed by atoms with van der Waals surface area (Å²) in [7, 11) is 0. The van der Waals surface area contributed by atoms with Gasteiger partial charge in [-0.1, -0.05) is 18.2 Å². The maximum absolute atomic E-state index is 13.5. The average Bonchev–Trinajstić information content (AvgIpc) is 3.04. The number of nitrogens with one attached hydrogen (secondary N) is 1. The lowest BCUT2D eigenvalue weighted by Crippen LogP contribution is -2.37. The van der Waals surface area contributed by atoms with Gasteiger partial charge >= 0.3 is 6.18 Å².